The zero-order valence-corrected chi connectivity index (χ0v) is 10.9. The van der Waals surface area contributed by atoms with Crippen LogP contribution in [0.3, 0.4) is 0 Å². The number of nitrogens with one attached hydrogen (secondary N) is 1. The Labute approximate surface area is 111 Å². The zero-order chi connectivity index (χ0) is 13.8. The first-order valence-electron chi connectivity index (χ1n) is 6.39. The first-order valence-corrected chi connectivity index (χ1v) is 6.39. The minimum Gasteiger partial charge on any atom is -0.300 e. The largest absolute Gasteiger partial charge is 0.300 e. The minimum absolute atomic E-state index is 0.113. The van der Waals surface area contributed by atoms with E-state index >= 15 is 0 Å². The van der Waals surface area contributed by atoms with Gasteiger partial charge in [0.1, 0.15) is 11.6 Å². The van der Waals surface area contributed by atoms with Crippen LogP contribution in [0.1, 0.15) is 31.4 Å². The van der Waals surface area contributed by atoms with Crippen molar-refractivity contribution >= 4 is 5.71 Å². The van der Waals surface area contributed by atoms with Crippen molar-refractivity contribution in [2.24, 2.45) is 5.92 Å². The molecule has 19 heavy (non-hydrogen) atoms. The standard InChI is InChI=1S/C16H15F2N/c1-9-3-4-14(19)15-12(6-11(17)7-13(15)18)16(2)8-10(16)5-9/h3-7,9,19H,8H2,1-2H3/b4-3-,10-5+,19-14?. The summed E-state index contributed by atoms with van der Waals surface area (Å²) in [5.74, 6) is -1.01. The van der Waals surface area contributed by atoms with Crippen molar-refractivity contribution < 1.29 is 8.78 Å². The molecular formula is C16H15F2N. The molecule has 1 aromatic rings. The number of fused-ring (bicyclic) bond motifs is 3. The van der Waals surface area contributed by atoms with Crippen LogP contribution in [0, 0.1) is 23.0 Å². The van der Waals surface area contributed by atoms with Crippen LogP contribution in [-0.2, 0) is 5.41 Å². The van der Waals surface area contributed by atoms with Gasteiger partial charge in [-0.3, -0.25) is 0 Å². The second-order valence-electron chi connectivity index (χ2n) is 5.64. The van der Waals surface area contributed by atoms with Crippen LogP contribution < -0.4 is 0 Å². The third kappa shape index (κ3) is 1.84. The van der Waals surface area contributed by atoms with Crippen molar-refractivity contribution in [1.82, 2.24) is 0 Å². The predicted molar refractivity (Wildman–Crippen MR) is 71.5 cm³/mol. The number of hydrogen-bond acceptors (Lipinski definition) is 1. The lowest BCUT2D eigenvalue weighted by Crippen LogP contribution is -2.12. The fraction of sp³-hybridized carbons (Fsp3) is 0.312. The molecule has 3 rings (SSSR count). The molecule has 0 aliphatic heterocycles. The van der Waals surface area contributed by atoms with Gasteiger partial charge in [-0.05, 0) is 30.0 Å². The highest BCUT2D eigenvalue weighted by atomic mass is 19.1. The molecule has 0 spiro atoms. The fourth-order valence-electron chi connectivity index (χ4n) is 2.83. The molecule has 3 heteroatoms. The van der Waals surface area contributed by atoms with Crippen molar-refractivity contribution in [1.29, 1.82) is 5.41 Å². The molecule has 1 N–H and O–H groups in total. The Kier molecular flexibility index (Phi) is 2.49. The molecule has 2 aliphatic rings. The summed E-state index contributed by atoms with van der Waals surface area (Å²) in [6.07, 6.45) is 6.43. The summed E-state index contributed by atoms with van der Waals surface area (Å²) in [6, 6.07) is 2.23. The van der Waals surface area contributed by atoms with Crippen LogP contribution in [0.15, 0.2) is 35.9 Å². The van der Waals surface area contributed by atoms with Gasteiger partial charge in [0.25, 0.3) is 0 Å². The molecule has 1 aromatic carbocycles. The lowest BCUT2D eigenvalue weighted by molar-refractivity contribution is 0.573. The van der Waals surface area contributed by atoms with E-state index in [1.807, 2.05) is 19.9 Å². The van der Waals surface area contributed by atoms with Crippen molar-refractivity contribution in [3.05, 3.63) is 58.7 Å². The van der Waals surface area contributed by atoms with E-state index in [-0.39, 0.29) is 22.6 Å². The second-order valence-corrected chi connectivity index (χ2v) is 5.64. The lowest BCUT2D eigenvalue weighted by Gasteiger charge is -2.15. The third-order valence-electron chi connectivity index (χ3n) is 4.08. The Hall–Kier alpha value is -1.77. The van der Waals surface area contributed by atoms with Crippen molar-refractivity contribution in [3.8, 4) is 0 Å². The Morgan fingerprint density at radius 1 is 1.32 bits per heavy atom. The summed E-state index contributed by atoms with van der Waals surface area (Å²) in [7, 11) is 0. The molecule has 0 saturated heterocycles. The van der Waals surface area contributed by atoms with Gasteiger partial charge in [-0.2, -0.15) is 0 Å². The predicted octanol–water partition coefficient (Wildman–Crippen LogP) is 4.13. The maximum absolute atomic E-state index is 14.1. The zero-order valence-electron chi connectivity index (χ0n) is 10.9. The van der Waals surface area contributed by atoms with Gasteiger partial charge in [-0.15, -0.1) is 0 Å². The third-order valence-corrected chi connectivity index (χ3v) is 4.08. The molecule has 0 radical (unpaired) electrons. The van der Waals surface area contributed by atoms with Gasteiger partial charge in [0.05, 0.1) is 5.71 Å². The van der Waals surface area contributed by atoms with Gasteiger partial charge in [0.2, 0.25) is 0 Å². The Morgan fingerprint density at radius 3 is 2.79 bits per heavy atom. The monoisotopic (exact) mass is 259 g/mol. The van der Waals surface area contributed by atoms with Crippen molar-refractivity contribution in [3.63, 3.8) is 0 Å². The molecule has 1 saturated carbocycles. The maximum Gasteiger partial charge on any atom is 0.135 e. The Morgan fingerprint density at radius 2 is 2.05 bits per heavy atom. The topological polar surface area (TPSA) is 23.9 Å². The second kappa shape index (κ2) is 3.86. The summed E-state index contributed by atoms with van der Waals surface area (Å²) in [5, 5.41) is 8.03. The molecule has 2 unspecified atom stereocenters. The summed E-state index contributed by atoms with van der Waals surface area (Å²) in [4.78, 5) is 0. The summed E-state index contributed by atoms with van der Waals surface area (Å²) in [5.41, 5.74) is 1.83. The van der Waals surface area contributed by atoms with E-state index in [0.29, 0.717) is 5.56 Å². The van der Waals surface area contributed by atoms with Crippen LogP contribution >= 0.6 is 0 Å². The summed E-state index contributed by atoms with van der Waals surface area (Å²) >= 11 is 0. The molecule has 1 nitrogen and oxygen atoms in total. The first kappa shape index (κ1) is 12.3. The number of rotatable bonds is 0. The van der Waals surface area contributed by atoms with Crippen LogP contribution in [0.25, 0.3) is 0 Å². The van der Waals surface area contributed by atoms with E-state index in [1.165, 1.54) is 11.6 Å². The molecule has 1 fully saturated rings. The van der Waals surface area contributed by atoms with Crippen LogP contribution in [0.2, 0.25) is 0 Å². The lowest BCUT2D eigenvalue weighted by atomic mass is 9.89. The SMILES string of the molecule is CC1/C=C\C(=N)c2c(F)cc(F)cc2C2(C)C/C2=C\1. The van der Waals surface area contributed by atoms with E-state index < -0.39 is 11.6 Å². The molecule has 2 aliphatic carbocycles. The van der Waals surface area contributed by atoms with Gasteiger partial charge in [-0.25, -0.2) is 8.78 Å². The summed E-state index contributed by atoms with van der Waals surface area (Å²) < 4.78 is 27.6. The Bertz CT molecular complexity index is 642. The highest BCUT2D eigenvalue weighted by Gasteiger charge is 2.48. The molecular weight excluding hydrogens is 244 g/mol. The summed E-state index contributed by atoms with van der Waals surface area (Å²) in [6.45, 7) is 4.02. The molecule has 0 aromatic heterocycles. The van der Waals surface area contributed by atoms with E-state index in [4.69, 9.17) is 5.41 Å². The normalized spacial score (nSPS) is 33.2. The van der Waals surface area contributed by atoms with Gasteiger partial charge < -0.3 is 5.41 Å². The molecule has 0 heterocycles. The van der Waals surface area contributed by atoms with Crippen LogP contribution in [-0.4, -0.2) is 5.71 Å². The number of halogens is 2. The smallest absolute Gasteiger partial charge is 0.135 e. The maximum atomic E-state index is 14.1. The minimum atomic E-state index is -0.647. The average Bonchev–Trinajstić information content (AvgIpc) is 2.96. The van der Waals surface area contributed by atoms with Gasteiger partial charge in [-0.1, -0.05) is 31.6 Å². The highest BCUT2D eigenvalue weighted by molar-refractivity contribution is 6.08. The quantitative estimate of drug-likeness (QED) is 0.677. The van der Waals surface area contributed by atoms with Crippen LogP contribution in [0.5, 0.6) is 0 Å². The van der Waals surface area contributed by atoms with E-state index in [0.717, 1.165) is 12.5 Å². The number of hydrogen-bond donors (Lipinski definition) is 1. The van der Waals surface area contributed by atoms with Crippen LogP contribution in [0.4, 0.5) is 8.78 Å². The van der Waals surface area contributed by atoms with Gasteiger partial charge in [0.15, 0.2) is 0 Å². The van der Waals surface area contributed by atoms with E-state index in [1.54, 1.807) is 6.08 Å². The molecule has 98 valence electrons. The van der Waals surface area contributed by atoms with E-state index in [2.05, 4.69) is 6.08 Å². The van der Waals surface area contributed by atoms with Gasteiger partial charge >= 0.3 is 0 Å². The average molecular weight is 259 g/mol. The fourth-order valence-corrected chi connectivity index (χ4v) is 2.83. The number of benzene rings is 1. The number of allylic oxidation sites excluding steroid dienone is 4. The molecule has 0 amide bonds. The molecule has 0 bridgehead atoms. The first-order chi connectivity index (χ1) is 8.91. The van der Waals surface area contributed by atoms with Crippen molar-refractivity contribution in [2.75, 3.05) is 0 Å². The van der Waals surface area contributed by atoms with Crippen molar-refractivity contribution in [2.45, 2.75) is 25.7 Å². The molecule has 2 atom stereocenters. The van der Waals surface area contributed by atoms with E-state index in [9.17, 15) is 8.78 Å². The van der Waals surface area contributed by atoms with Gasteiger partial charge in [0, 0.05) is 17.0 Å². The highest BCUT2D eigenvalue weighted by Crippen LogP contribution is 2.55. The Balaban J connectivity index is 2.29.